The van der Waals surface area contributed by atoms with Gasteiger partial charge in [-0.05, 0) is 61.4 Å². The molecule has 1 fully saturated rings. The van der Waals surface area contributed by atoms with Crippen molar-refractivity contribution in [1.82, 2.24) is 9.97 Å². The SMILES string of the molecule is O=S(=Nc1ncccc1-c1scnc1-c1ccc(F)cc1)(c1ccccc1)C1CCCC1. The summed E-state index contributed by atoms with van der Waals surface area (Å²) in [6, 6.07) is 19.6. The molecule has 0 bridgehead atoms. The summed E-state index contributed by atoms with van der Waals surface area (Å²) in [7, 11) is -2.70. The molecule has 2 aromatic carbocycles. The second kappa shape index (κ2) is 8.92. The number of hydrogen-bond acceptors (Lipinski definition) is 5. The largest absolute Gasteiger partial charge is 0.244 e. The molecule has 0 spiro atoms. The molecule has 1 aliphatic rings. The molecule has 1 atom stereocenters. The standard InChI is InChI=1S/C25H22FN3OS2/c26-19-14-12-18(13-15-19)23-24(31-17-28-23)22-11-6-16-27-25(22)29-32(30,21-9-4-5-10-21)20-7-2-1-3-8-20/h1-3,6-8,11-17,21H,4-5,9-10H2. The lowest BCUT2D eigenvalue weighted by atomic mass is 10.1. The molecule has 0 saturated heterocycles. The third-order valence-corrected chi connectivity index (χ3v) is 9.40. The van der Waals surface area contributed by atoms with Crippen LogP contribution in [0.25, 0.3) is 21.7 Å². The minimum absolute atomic E-state index is 0.0118. The van der Waals surface area contributed by atoms with Crippen LogP contribution in [0.1, 0.15) is 25.7 Å². The number of rotatable bonds is 5. The lowest BCUT2D eigenvalue weighted by Gasteiger charge is -2.17. The highest BCUT2D eigenvalue weighted by molar-refractivity contribution is 7.94. The quantitative estimate of drug-likeness (QED) is 0.317. The molecule has 1 saturated carbocycles. The van der Waals surface area contributed by atoms with Crippen molar-refractivity contribution >= 4 is 26.9 Å². The maximum Gasteiger partial charge on any atom is 0.170 e. The van der Waals surface area contributed by atoms with Crippen molar-refractivity contribution in [3.8, 4) is 21.7 Å². The summed E-state index contributed by atoms with van der Waals surface area (Å²) in [5.41, 5.74) is 4.11. The lowest BCUT2D eigenvalue weighted by Crippen LogP contribution is -2.17. The van der Waals surface area contributed by atoms with Gasteiger partial charge in [0, 0.05) is 27.5 Å². The van der Waals surface area contributed by atoms with E-state index in [-0.39, 0.29) is 11.1 Å². The summed E-state index contributed by atoms with van der Waals surface area (Å²) in [4.78, 5) is 10.7. The number of hydrogen-bond donors (Lipinski definition) is 0. The summed E-state index contributed by atoms with van der Waals surface area (Å²) in [6.07, 6.45) is 5.63. The Bertz CT molecular complexity index is 1340. The molecule has 1 aliphatic carbocycles. The first-order chi connectivity index (χ1) is 15.6. The van der Waals surface area contributed by atoms with Crippen LogP contribution in [0.15, 0.2) is 87.7 Å². The Kier molecular flexibility index (Phi) is 5.85. The van der Waals surface area contributed by atoms with E-state index in [9.17, 15) is 8.60 Å². The third-order valence-electron chi connectivity index (χ3n) is 5.77. The van der Waals surface area contributed by atoms with E-state index >= 15 is 0 Å². The summed E-state index contributed by atoms with van der Waals surface area (Å²) in [5.74, 6) is 0.169. The van der Waals surface area contributed by atoms with Crippen molar-refractivity contribution in [3.63, 3.8) is 0 Å². The molecule has 0 radical (unpaired) electrons. The van der Waals surface area contributed by atoms with Crippen LogP contribution in [-0.4, -0.2) is 19.4 Å². The minimum Gasteiger partial charge on any atom is -0.244 e. The Labute approximate surface area is 191 Å². The van der Waals surface area contributed by atoms with E-state index in [0.717, 1.165) is 52.3 Å². The van der Waals surface area contributed by atoms with E-state index in [1.54, 1.807) is 23.8 Å². The average Bonchev–Trinajstić information content (AvgIpc) is 3.53. The van der Waals surface area contributed by atoms with Gasteiger partial charge in [0.05, 0.1) is 25.8 Å². The monoisotopic (exact) mass is 463 g/mol. The van der Waals surface area contributed by atoms with Crippen LogP contribution >= 0.6 is 11.3 Å². The van der Waals surface area contributed by atoms with Gasteiger partial charge in [0.2, 0.25) is 0 Å². The van der Waals surface area contributed by atoms with Crippen LogP contribution in [0.2, 0.25) is 0 Å². The minimum atomic E-state index is -2.70. The molecule has 5 rings (SSSR count). The Morgan fingerprint density at radius 1 is 0.938 bits per heavy atom. The fourth-order valence-corrected chi connectivity index (χ4v) is 7.56. The molecule has 4 aromatic rings. The molecule has 0 amide bonds. The molecule has 0 N–H and O–H groups in total. The fraction of sp³-hybridized carbons (Fsp3) is 0.200. The van der Waals surface area contributed by atoms with Gasteiger partial charge in [0.1, 0.15) is 5.82 Å². The van der Waals surface area contributed by atoms with Gasteiger partial charge in [-0.15, -0.1) is 11.3 Å². The summed E-state index contributed by atoms with van der Waals surface area (Å²) in [6.45, 7) is 0. The highest BCUT2D eigenvalue weighted by Gasteiger charge is 2.29. The predicted octanol–water partition coefficient (Wildman–Crippen LogP) is 7.11. The highest BCUT2D eigenvalue weighted by atomic mass is 32.2. The smallest absolute Gasteiger partial charge is 0.170 e. The number of aromatic nitrogens is 2. The molecular weight excluding hydrogens is 441 g/mol. The molecule has 7 heteroatoms. The number of thiazole rings is 1. The Morgan fingerprint density at radius 2 is 1.69 bits per heavy atom. The molecular formula is C25H22FN3OS2. The van der Waals surface area contributed by atoms with Gasteiger partial charge in [0.25, 0.3) is 0 Å². The first kappa shape index (κ1) is 21.0. The molecule has 0 aliphatic heterocycles. The van der Waals surface area contributed by atoms with E-state index in [4.69, 9.17) is 4.36 Å². The Balaban J connectivity index is 1.68. The normalized spacial score (nSPS) is 16.0. The first-order valence-corrected chi connectivity index (χ1v) is 13.1. The fourth-order valence-electron chi connectivity index (χ4n) is 4.17. The van der Waals surface area contributed by atoms with Crippen molar-refractivity contribution in [1.29, 1.82) is 0 Å². The second-order valence-electron chi connectivity index (χ2n) is 7.79. The van der Waals surface area contributed by atoms with Gasteiger partial charge < -0.3 is 0 Å². The van der Waals surface area contributed by atoms with Gasteiger partial charge in [-0.2, -0.15) is 4.36 Å². The van der Waals surface area contributed by atoms with Crippen LogP contribution in [0, 0.1) is 5.82 Å². The first-order valence-electron chi connectivity index (χ1n) is 10.6. The summed E-state index contributed by atoms with van der Waals surface area (Å²) < 4.78 is 32.7. The van der Waals surface area contributed by atoms with E-state index in [0.29, 0.717) is 5.82 Å². The van der Waals surface area contributed by atoms with Crippen LogP contribution in [-0.2, 0) is 9.73 Å². The zero-order chi connectivity index (χ0) is 22.0. The molecule has 32 heavy (non-hydrogen) atoms. The maximum atomic E-state index is 14.4. The lowest BCUT2D eigenvalue weighted by molar-refractivity contribution is 0.628. The topological polar surface area (TPSA) is 55.2 Å². The van der Waals surface area contributed by atoms with Crippen LogP contribution in [0.5, 0.6) is 0 Å². The van der Waals surface area contributed by atoms with Gasteiger partial charge in [-0.1, -0.05) is 31.0 Å². The third kappa shape index (κ3) is 3.98. The van der Waals surface area contributed by atoms with E-state index in [1.807, 2.05) is 42.5 Å². The van der Waals surface area contributed by atoms with E-state index < -0.39 is 9.73 Å². The van der Waals surface area contributed by atoms with E-state index in [1.165, 1.54) is 23.5 Å². The predicted molar refractivity (Wildman–Crippen MR) is 128 cm³/mol. The second-order valence-corrected chi connectivity index (χ2v) is 11.1. The number of pyridine rings is 1. The molecule has 2 aromatic heterocycles. The summed E-state index contributed by atoms with van der Waals surface area (Å²) in [5, 5.41) is 0.0118. The molecule has 4 nitrogen and oxygen atoms in total. The zero-order valence-electron chi connectivity index (χ0n) is 17.4. The number of halogens is 1. The number of nitrogens with zero attached hydrogens (tertiary/aromatic N) is 3. The van der Waals surface area contributed by atoms with Gasteiger partial charge in [0.15, 0.2) is 5.82 Å². The molecule has 1 unspecified atom stereocenters. The number of benzene rings is 2. The highest BCUT2D eigenvalue weighted by Crippen LogP contribution is 2.41. The molecule has 2 heterocycles. The van der Waals surface area contributed by atoms with Crippen LogP contribution in [0.4, 0.5) is 10.2 Å². The van der Waals surface area contributed by atoms with Crippen molar-refractivity contribution in [2.75, 3.05) is 0 Å². The van der Waals surface area contributed by atoms with Gasteiger partial charge >= 0.3 is 0 Å². The summed E-state index contributed by atoms with van der Waals surface area (Å²) >= 11 is 1.47. The molecule has 162 valence electrons. The maximum absolute atomic E-state index is 14.4. The van der Waals surface area contributed by atoms with Gasteiger partial charge in [-0.3, -0.25) is 0 Å². The Hall–Kier alpha value is -2.90. The van der Waals surface area contributed by atoms with Crippen molar-refractivity contribution in [2.45, 2.75) is 35.8 Å². The Morgan fingerprint density at radius 3 is 2.44 bits per heavy atom. The zero-order valence-corrected chi connectivity index (χ0v) is 19.0. The van der Waals surface area contributed by atoms with E-state index in [2.05, 4.69) is 9.97 Å². The van der Waals surface area contributed by atoms with Crippen LogP contribution < -0.4 is 0 Å². The van der Waals surface area contributed by atoms with Gasteiger partial charge in [-0.25, -0.2) is 18.6 Å². The van der Waals surface area contributed by atoms with Crippen molar-refractivity contribution < 1.29 is 8.60 Å². The van der Waals surface area contributed by atoms with Crippen molar-refractivity contribution in [3.05, 3.63) is 84.3 Å². The van der Waals surface area contributed by atoms with Crippen LogP contribution in [0.3, 0.4) is 0 Å². The average molecular weight is 464 g/mol. The van der Waals surface area contributed by atoms with Crippen molar-refractivity contribution in [2.24, 2.45) is 4.36 Å².